The summed E-state index contributed by atoms with van der Waals surface area (Å²) in [6.07, 6.45) is 4.16. The van der Waals surface area contributed by atoms with E-state index in [1.54, 1.807) is 19.5 Å². The highest BCUT2D eigenvalue weighted by Gasteiger charge is 2.04. The lowest BCUT2D eigenvalue weighted by molar-refractivity contribution is 0.414. The minimum Gasteiger partial charge on any atom is -0.497 e. The molecule has 2 N–H and O–H groups in total. The van der Waals surface area contributed by atoms with Gasteiger partial charge in [-0.1, -0.05) is 12.1 Å². The van der Waals surface area contributed by atoms with Crippen molar-refractivity contribution in [2.24, 2.45) is 0 Å². The van der Waals surface area contributed by atoms with E-state index in [2.05, 4.69) is 20.3 Å². The maximum Gasteiger partial charge on any atom is 0.252 e. The number of ether oxygens (including phenoxy) is 1. The van der Waals surface area contributed by atoms with Crippen LogP contribution in [0.2, 0.25) is 0 Å². The maximum absolute atomic E-state index is 11.8. The van der Waals surface area contributed by atoms with Crippen molar-refractivity contribution in [3.8, 4) is 17.0 Å². The molecule has 122 valence electrons. The molecule has 24 heavy (non-hydrogen) atoms. The van der Waals surface area contributed by atoms with E-state index in [1.165, 1.54) is 11.6 Å². The first-order valence-corrected chi connectivity index (χ1v) is 7.63. The van der Waals surface area contributed by atoms with Gasteiger partial charge in [-0.15, -0.1) is 0 Å². The smallest absolute Gasteiger partial charge is 0.252 e. The zero-order chi connectivity index (χ0) is 16.8. The highest BCUT2D eigenvalue weighted by atomic mass is 16.5. The first-order chi connectivity index (χ1) is 11.7. The van der Waals surface area contributed by atoms with Gasteiger partial charge in [0.05, 0.1) is 12.8 Å². The number of methoxy groups -OCH3 is 1. The number of H-pyrrole nitrogens is 1. The second kappa shape index (κ2) is 7.41. The van der Waals surface area contributed by atoms with Gasteiger partial charge in [-0.05, 0) is 36.2 Å². The lowest BCUT2D eigenvalue weighted by Crippen LogP contribution is -2.14. The van der Waals surface area contributed by atoms with Gasteiger partial charge in [0, 0.05) is 30.6 Å². The predicted molar refractivity (Wildman–Crippen MR) is 93.3 cm³/mol. The van der Waals surface area contributed by atoms with E-state index in [0.717, 1.165) is 17.7 Å². The lowest BCUT2D eigenvalue weighted by Gasteiger charge is -2.08. The molecule has 0 saturated heterocycles. The van der Waals surface area contributed by atoms with E-state index < -0.39 is 0 Å². The number of nitrogens with one attached hydrogen (secondary N) is 2. The van der Waals surface area contributed by atoms with Gasteiger partial charge in [0.25, 0.3) is 5.56 Å². The Bertz CT molecular complexity index is 845. The predicted octanol–water partition coefficient (Wildman–Crippen LogP) is 2.50. The summed E-state index contributed by atoms with van der Waals surface area (Å²) >= 11 is 0. The van der Waals surface area contributed by atoms with E-state index in [-0.39, 0.29) is 5.56 Å². The van der Waals surface area contributed by atoms with Crippen molar-refractivity contribution >= 4 is 5.95 Å². The average molecular weight is 322 g/mol. The number of hydrogen-bond acceptors (Lipinski definition) is 5. The van der Waals surface area contributed by atoms with Crippen LogP contribution < -0.4 is 15.6 Å². The third-order valence-electron chi connectivity index (χ3n) is 3.58. The van der Waals surface area contributed by atoms with Crippen molar-refractivity contribution in [3.05, 3.63) is 70.8 Å². The van der Waals surface area contributed by atoms with E-state index >= 15 is 0 Å². The van der Waals surface area contributed by atoms with Crippen LogP contribution >= 0.6 is 0 Å². The Morgan fingerprint density at radius 1 is 1.12 bits per heavy atom. The van der Waals surface area contributed by atoms with Crippen LogP contribution in [0.15, 0.2) is 59.7 Å². The number of benzene rings is 1. The number of rotatable bonds is 6. The van der Waals surface area contributed by atoms with E-state index in [0.29, 0.717) is 18.2 Å². The van der Waals surface area contributed by atoms with E-state index in [9.17, 15) is 4.79 Å². The van der Waals surface area contributed by atoms with E-state index in [1.807, 2.05) is 36.4 Å². The zero-order valence-electron chi connectivity index (χ0n) is 13.3. The van der Waals surface area contributed by atoms with Crippen molar-refractivity contribution in [2.45, 2.75) is 6.42 Å². The number of aromatic amines is 1. The molecule has 0 aliphatic rings. The molecule has 0 unspecified atom stereocenters. The Balaban J connectivity index is 1.66. The molecule has 0 bridgehead atoms. The monoisotopic (exact) mass is 322 g/mol. The molecule has 0 atom stereocenters. The van der Waals surface area contributed by atoms with Crippen LogP contribution in [0.5, 0.6) is 5.75 Å². The molecule has 0 fully saturated rings. The second-order valence-corrected chi connectivity index (χ2v) is 5.24. The summed E-state index contributed by atoms with van der Waals surface area (Å²) in [5.41, 5.74) is 2.46. The molecule has 2 heterocycles. The molecule has 0 saturated carbocycles. The molecule has 0 aliphatic carbocycles. The summed E-state index contributed by atoms with van der Waals surface area (Å²) in [5, 5.41) is 3.16. The van der Waals surface area contributed by atoms with Crippen LogP contribution in [-0.2, 0) is 6.42 Å². The molecule has 3 rings (SSSR count). The fraction of sp³-hybridized carbons (Fsp3) is 0.167. The molecule has 2 aromatic heterocycles. The molecule has 0 aliphatic heterocycles. The quantitative estimate of drug-likeness (QED) is 0.729. The molecular weight excluding hydrogens is 304 g/mol. The van der Waals surface area contributed by atoms with Gasteiger partial charge in [0.1, 0.15) is 5.75 Å². The number of hydrogen-bond donors (Lipinski definition) is 2. The first kappa shape index (κ1) is 15.7. The molecular formula is C18H18N4O2. The maximum atomic E-state index is 11.8. The van der Waals surface area contributed by atoms with E-state index in [4.69, 9.17) is 4.74 Å². The van der Waals surface area contributed by atoms with Crippen LogP contribution in [0.25, 0.3) is 11.3 Å². The number of anilines is 1. The Hall–Kier alpha value is -3.15. The Morgan fingerprint density at radius 2 is 1.88 bits per heavy atom. The second-order valence-electron chi connectivity index (χ2n) is 5.24. The molecule has 0 radical (unpaired) electrons. The van der Waals surface area contributed by atoms with Gasteiger partial charge in [-0.3, -0.25) is 14.8 Å². The highest BCUT2D eigenvalue weighted by molar-refractivity contribution is 5.58. The Labute approximate surface area is 139 Å². The average Bonchev–Trinajstić information content (AvgIpc) is 2.63. The van der Waals surface area contributed by atoms with Crippen LogP contribution in [-0.4, -0.2) is 28.6 Å². The third kappa shape index (κ3) is 3.98. The number of aromatic nitrogens is 3. The molecule has 1 aromatic carbocycles. The lowest BCUT2D eigenvalue weighted by atomic mass is 10.1. The number of pyridine rings is 1. The standard InChI is InChI=1S/C18H18N4O2/c1-24-15-4-2-13(3-5-15)6-11-20-18-21-16(12-17(23)22-18)14-7-9-19-10-8-14/h2-5,7-10,12H,6,11H2,1H3,(H2,20,21,22,23). The molecule has 6 nitrogen and oxygen atoms in total. The summed E-state index contributed by atoms with van der Waals surface area (Å²) in [7, 11) is 1.65. The van der Waals surface area contributed by atoms with Gasteiger partial charge in [0.15, 0.2) is 0 Å². The Kier molecular flexibility index (Phi) is 4.86. The van der Waals surface area contributed by atoms with Crippen LogP contribution in [0, 0.1) is 0 Å². The van der Waals surface area contributed by atoms with Gasteiger partial charge in [0.2, 0.25) is 5.95 Å². The first-order valence-electron chi connectivity index (χ1n) is 7.63. The van der Waals surface area contributed by atoms with Gasteiger partial charge in [-0.25, -0.2) is 4.98 Å². The molecule has 6 heteroatoms. The minimum atomic E-state index is -0.191. The van der Waals surface area contributed by atoms with Crippen molar-refractivity contribution < 1.29 is 4.74 Å². The molecule has 0 spiro atoms. The minimum absolute atomic E-state index is 0.191. The zero-order valence-corrected chi connectivity index (χ0v) is 13.3. The fourth-order valence-corrected chi connectivity index (χ4v) is 2.33. The van der Waals surface area contributed by atoms with Crippen molar-refractivity contribution in [1.29, 1.82) is 0 Å². The van der Waals surface area contributed by atoms with Crippen LogP contribution in [0.1, 0.15) is 5.56 Å². The third-order valence-corrected chi connectivity index (χ3v) is 3.58. The summed E-state index contributed by atoms with van der Waals surface area (Å²) < 4.78 is 5.14. The number of nitrogens with zero attached hydrogens (tertiary/aromatic N) is 2. The summed E-state index contributed by atoms with van der Waals surface area (Å²) in [6, 6.07) is 13.0. The largest absolute Gasteiger partial charge is 0.497 e. The van der Waals surface area contributed by atoms with Crippen molar-refractivity contribution in [3.63, 3.8) is 0 Å². The Morgan fingerprint density at radius 3 is 2.58 bits per heavy atom. The van der Waals surface area contributed by atoms with Gasteiger partial charge < -0.3 is 10.1 Å². The topological polar surface area (TPSA) is 79.9 Å². The SMILES string of the molecule is COc1ccc(CCNc2nc(-c3ccncc3)cc(=O)[nH]2)cc1. The normalized spacial score (nSPS) is 10.4. The molecule has 3 aromatic rings. The summed E-state index contributed by atoms with van der Waals surface area (Å²) in [5.74, 6) is 1.30. The van der Waals surface area contributed by atoms with Crippen LogP contribution in [0.3, 0.4) is 0 Å². The fourth-order valence-electron chi connectivity index (χ4n) is 2.33. The van der Waals surface area contributed by atoms with Crippen molar-refractivity contribution in [1.82, 2.24) is 15.0 Å². The van der Waals surface area contributed by atoms with Gasteiger partial charge in [-0.2, -0.15) is 0 Å². The highest BCUT2D eigenvalue weighted by Crippen LogP contribution is 2.15. The van der Waals surface area contributed by atoms with Gasteiger partial charge >= 0.3 is 0 Å². The molecule has 0 amide bonds. The van der Waals surface area contributed by atoms with Crippen LogP contribution in [0.4, 0.5) is 5.95 Å². The van der Waals surface area contributed by atoms with Crippen molar-refractivity contribution in [2.75, 3.05) is 19.0 Å². The summed E-state index contributed by atoms with van der Waals surface area (Å²) in [4.78, 5) is 23.0. The summed E-state index contributed by atoms with van der Waals surface area (Å²) in [6.45, 7) is 0.662.